The lowest BCUT2D eigenvalue weighted by Gasteiger charge is -2.46. The number of carbonyl (C=O) groups is 3. The molecule has 12 atom stereocenters. The molecule has 4 saturated carbocycles. The van der Waals surface area contributed by atoms with Gasteiger partial charge in [-0.05, 0) is 115 Å². The van der Waals surface area contributed by atoms with Gasteiger partial charge in [0.1, 0.15) is 11.7 Å². The van der Waals surface area contributed by atoms with Crippen LogP contribution >= 0.6 is 0 Å². The van der Waals surface area contributed by atoms with E-state index in [9.17, 15) is 14.4 Å². The SMILES string of the molecule is CCC(C)(C)C(=O)OC1C2CC3C(=O)OC1C3O2.CCC1(OC(=O)C(C)(C)C(C)C)CC2CC1C1C3CCC(C3)C21. The standard InChI is InChI=1S/C21H34O2.C13H18O5/c1-6-21(23-19(22)20(4,5)12(2)3)11-15-10-16(21)18-14-8-7-13(9-14)17(15)18;1-4-13(2,3)12(15)18-9-7-5-6-8(16-7)10(9)17-11(6)14/h12-18H,6-11H2,1-5H3;6-10H,4-5H2,1-3H3. The van der Waals surface area contributed by atoms with Crippen LogP contribution < -0.4 is 0 Å². The molecule has 3 saturated heterocycles. The van der Waals surface area contributed by atoms with Gasteiger partial charge in [0.05, 0.1) is 22.9 Å². The predicted octanol–water partition coefficient (Wildman–Crippen LogP) is 6.11. The first-order valence-electron chi connectivity index (χ1n) is 16.5. The Bertz CT molecular complexity index is 1080. The maximum atomic E-state index is 12.9. The molecule has 7 rings (SSSR count). The van der Waals surface area contributed by atoms with E-state index in [4.69, 9.17) is 18.9 Å². The molecule has 4 aliphatic carbocycles. The van der Waals surface area contributed by atoms with Gasteiger partial charge < -0.3 is 18.9 Å². The molecule has 0 spiro atoms. The quantitative estimate of drug-likeness (QED) is 0.207. The van der Waals surface area contributed by atoms with Crippen molar-refractivity contribution in [3.63, 3.8) is 0 Å². The fraction of sp³-hybridized carbons (Fsp3) is 0.912. The number of rotatable bonds is 7. The number of esters is 3. The van der Waals surface area contributed by atoms with Crippen molar-refractivity contribution in [3.05, 3.63) is 0 Å². The Hall–Kier alpha value is -1.63. The largest absolute Gasteiger partial charge is 0.458 e. The number of carbonyl (C=O) groups excluding carboxylic acids is 3. The highest BCUT2D eigenvalue weighted by molar-refractivity contribution is 5.79. The summed E-state index contributed by atoms with van der Waals surface area (Å²) < 4.78 is 22.8. The minimum absolute atomic E-state index is 0.0432. The van der Waals surface area contributed by atoms with Crippen molar-refractivity contribution in [2.45, 2.75) is 137 Å². The van der Waals surface area contributed by atoms with Crippen LogP contribution in [0.3, 0.4) is 0 Å². The molecule has 0 aromatic rings. The second kappa shape index (κ2) is 9.95. The summed E-state index contributed by atoms with van der Waals surface area (Å²) in [7, 11) is 0. The van der Waals surface area contributed by atoms with Crippen LogP contribution in [0.25, 0.3) is 0 Å². The second-order valence-electron chi connectivity index (χ2n) is 16.0. The highest BCUT2D eigenvalue weighted by Crippen LogP contribution is 2.71. The van der Waals surface area contributed by atoms with Crippen LogP contribution in [-0.2, 0) is 33.3 Å². The van der Waals surface area contributed by atoms with Crippen molar-refractivity contribution >= 4 is 17.9 Å². The van der Waals surface area contributed by atoms with Gasteiger partial charge >= 0.3 is 17.9 Å². The lowest BCUT2D eigenvalue weighted by Crippen LogP contribution is -2.49. The van der Waals surface area contributed by atoms with E-state index in [0.29, 0.717) is 24.7 Å². The van der Waals surface area contributed by atoms with Crippen molar-refractivity contribution < 1.29 is 33.3 Å². The first kappa shape index (κ1) is 29.4. The molecule has 0 radical (unpaired) electrons. The summed E-state index contributed by atoms with van der Waals surface area (Å²) in [5, 5.41) is 0. The van der Waals surface area contributed by atoms with Crippen LogP contribution in [0.1, 0.15) is 107 Å². The van der Waals surface area contributed by atoms with Gasteiger partial charge in [0.25, 0.3) is 0 Å². The minimum atomic E-state index is -0.510. The third-order valence-corrected chi connectivity index (χ3v) is 13.2. The van der Waals surface area contributed by atoms with Crippen LogP contribution in [0, 0.1) is 58.2 Å². The molecular formula is C34H52O7. The second-order valence-corrected chi connectivity index (χ2v) is 16.0. The molecule has 7 heteroatoms. The van der Waals surface area contributed by atoms with Crippen molar-refractivity contribution in [2.24, 2.45) is 58.2 Å². The monoisotopic (exact) mass is 572 g/mol. The van der Waals surface area contributed by atoms with Gasteiger partial charge in [0.2, 0.25) is 0 Å². The Morgan fingerprint density at radius 1 is 0.951 bits per heavy atom. The molecule has 7 fully saturated rings. The van der Waals surface area contributed by atoms with Gasteiger partial charge in [-0.2, -0.15) is 0 Å². The molecule has 0 aromatic heterocycles. The summed E-state index contributed by atoms with van der Waals surface area (Å²) in [6.07, 6.45) is 8.04. The average Bonchev–Trinajstić information content (AvgIpc) is 3.77. The predicted molar refractivity (Wildman–Crippen MR) is 152 cm³/mol. The van der Waals surface area contributed by atoms with Gasteiger partial charge in [0.15, 0.2) is 12.2 Å². The van der Waals surface area contributed by atoms with E-state index < -0.39 is 17.6 Å². The Morgan fingerprint density at radius 3 is 2.27 bits per heavy atom. The maximum absolute atomic E-state index is 12.9. The number of ether oxygens (including phenoxy) is 4. The maximum Gasteiger partial charge on any atom is 0.312 e. The van der Waals surface area contributed by atoms with E-state index in [1.54, 1.807) is 0 Å². The molecule has 7 aliphatic rings. The Labute approximate surface area is 246 Å². The highest BCUT2D eigenvalue weighted by atomic mass is 16.7. The first-order chi connectivity index (χ1) is 19.2. The van der Waals surface area contributed by atoms with Crippen LogP contribution in [0.5, 0.6) is 0 Å². The van der Waals surface area contributed by atoms with Gasteiger partial charge in [-0.15, -0.1) is 0 Å². The van der Waals surface area contributed by atoms with Gasteiger partial charge in [0, 0.05) is 5.92 Å². The third-order valence-electron chi connectivity index (χ3n) is 13.2. The summed E-state index contributed by atoms with van der Waals surface area (Å²) in [5.41, 5.74) is -1.03. The zero-order valence-electron chi connectivity index (χ0n) is 26.4. The molecular weight excluding hydrogens is 520 g/mol. The number of hydrogen-bond acceptors (Lipinski definition) is 7. The first-order valence-corrected chi connectivity index (χ1v) is 16.5. The van der Waals surface area contributed by atoms with Crippen molar-refractivity contribution in [1.82, 2.24) is 0 Å². The van der Waals surface area contributed by atoms with Gasteiger partial charge in [-0.3, -0.25) is 14.4 Å². The number of fused-ring (bicyclic) bond motifs is 10. The molecule has 41 heavy (non-hydrogen) atoms. The summed E-state index contributed by atoms with van der Waals surface area (Å²) >= 11 is 0. The zero-order valence-corrected chi connectivity index (χ0v) is 26.4. The smallest absolute Gasteiger partial charge is 0.312 e. The van der Waals surface area contributed by atoms with E-state index in [1.807, 2.05) is 20.8 Å². The molecule has 230 valence electrons. The van der Waals surface area contributed by atoms with E-state index in [0.717, 1.165) is 42.4 Å². The zero-order chi connectivity index (χ0) is 29.6. The summed E-state index contributed by atoms with van der Waals surface area (Å²) in [4.78, 5) is 36.5. The Balaban J connectivity index is 0.000000152. The summed E-state index contributed by atoms with van der Waals surface area (Å²) in [6, 6.07) is 0. The number of hydrogen-bond donors (Lipinski definition) is 0. The van der Waals surface area contributed by atoms with E-state index in [-0.39, 0.29) is 47.0 Å². The molecule has 7 nitrogen and oxygen atoms in total. The third kappa shape index (κ3) is 4.40. The van der Waals surface area contributed by atoms with Crippen molar-refractivity contribution in [2.75, 3.05) is 0 Å². The van der Waals surface area contributed by atoms with E-state index in [1.165, 1.54) is 25.7 Å². The highest BCUT2D eigenvalue weighted by Gasteiger charge is 2.68. The van der Waals surface area contributed by atoms with E-state index in [2.05, 4.69) is 34.6 Å². The average molecular weight is 573 g/mol. The van der Waals surface area contributed by atoms with Crippen LogP contribution in [0.15, 0.2) is 0 Å². The summed E-state index contributed by atoms with van der Waals surface area (Å²) in [6.45, 7) is 16.3. The lowest BCUT2D eigenvalue weighted by molar-refractivity contribution is -0.185. The molecule has 0 aromatic carbocycles. The Kier molecular flexibility index (Phi) is 7.15. The lowest BCUT2D eigenvalue weighted by atomic mass is 9.65. The van der Waals surface area contributed by atoms with Crippen molar-refractivity contribution in [3.8, 4) is 0 Å². The van der Waals surface area contributed by atoms with Crippen molar-refractivity contribution in [1.29, 1.82) is 0 Å². The topological polar surface area (TPSA) is 88.1 Å². The Morgan fingerprint density at radius 2 is 1.63 bits per heavy atom. The normalized spacial score (nSPS) is 44.6. The fourth-order valence-electron chi connectivity index (χ4n) is 9.65. The van der Waals surface area contributed by atoms with E-state index >= 15 is 0 Å². The van der Waals surface area contributed by atoms with Gasteiger partial charge in [-0.1, -0.05) is 27.7 Å². The molecule has 6 bridgehead atoms. The van der Waals surface area contributed by atoms with Gasteiger partial charge in [-0.25, -0.2) is 0 Å². The summed E-state index contributed by atoms with van der Waals surface area (Å²) in [5.74, 6) is 5.08. The molecule has 3 heterocycles. The van der Waals surface area contributed by atoms with Crippen LogP contribution in [0.2, 0.25) is 0 Å². The molecule has 0 N–H and O–H groups in total. The molecule has 12 unspecified atom stereocenters. The fourth-order valence-corrected chi connectivity index (χ4v) is 9.65. The molecule has 0 amide bonds. The molecule has 3 aliphatic heterocycles. The van der Waals surface area contributed by atoms with Crippen LogP contribution in [0.4, 0.5) is 0 Å². The van der Waals surface area contributed by atoms with Crippen LogP contribution in [-0.4, -0.2) is 47.9 Å². The minimum Gasteiger partial charge on any atom is -0.458 e.